The van der Waals surface area contributed by atoms with Crippen molar-refractivity contribution in [1.82, 2.24) is 10.3 Å². The lowest BCUT2D eigenvalue weighted by Crippen LogP contribution is -2.41. The molecule has 1 aliphatic heterocycles. The van der Waals surface area contributed by atoms with Crippen LogP contribution in [0.4, 0.5) is 5.13 Å². The number of aryl methyl sites for hydroxylation is 1. The van der Waals surface area contributed by atoms with Crippen LogP contribution >= 0.6 is 11.3 Å². The first-order valence-electron chi connectivity index (χ1n) is 9.03. The number of benzene rings is 2. The zero-order valence-corrected chi connectivity index (χ0v) is 16.7. The number of carbonyl (C=O) groups is 2. The fourth-order valence-corrected chi connectivity index (χ4v) is 3.59. The minimum Gasteiger partial charge on any atom is -0.454 e. The molecule has 1 unspecified atom stereocenters. The molecule has 2 N–H and O–H groups in total. The molecule has 0 spiro atoms. The Morgan fingerprint density at radius 3 is 2.79 bits per heavy atom. The molecule has 0 saturated heterocycles. The summed E-state index contributed by atoms with van der Waals surface area (Å²) >= 11 is 1.31. The molecule has 8 heteroatoms. The maximum atomic E-state index is 12.4. The van der Waals surface area contributed by atoms with Gasteiger partial charge in [0.2, 0.25) is 12.7 Å². The Morgan fingerprint density at radius 2 is 1.97 bits per heavy atom. The Labute approximate surface area is 171 Å². The average molecular weight is 409 g/mol. The van der Waals surface area contributed by atoms with Crippen LogP contribution in [0, 0.1) is 6.92 Å². The van der Waals surface area contributed by atoms with Gasteiger partial charge in [0, 0.05) is 16.5 Å². The molecule has 148 valence electrons. The molecule has 1 atom stereocenters. The number of hydrogen-bond acceptors (Lipinski definition) is 6. The highest BCUT2D eigenvalue weighted by Crippen LogP contribution is 2.36. The van der Waals surface area contributed by atoms with Crippen LogP contribution < -0.4 is 20.1 Å². The summed E-state index contributed by atoms with van der Waals surface area (Å²) in [5.74, 6) is 0.748. The van der Waals surface area contributed by atoms with Crippen molar-refractivity contribution < 1.29 is 19.1 Å². The van der Waals surface area contributed by atoms with Crippen LogP contribution in [0.15, 0.2) is 47.8 Å². The van der Waals surface area contributed by atoms with E-state index in [-0.39, 0.29) is 18.6 Å². The molecule has 4 rings (SSSR count). The Bertz CT molecular complexity index is 1080. The minimum absolute atomic E-state index is 0.212. The van der Waals surface area contributed by atoms with Crippen molar-refractivity contribution in [3.63, 3.8) is 0 Å². The van der Waals surface area contributed by atoms with Gasteiger partial charge in [-0.05, 0) is 44.2 Å². The number of nitrogens with zero attached hydrogens (tertiary/aromatic N) is 1. The Morgan fingerprint density at radius 1 is 1.14 bits per heavy atom. The summed E-state index contributed by atoms with van der Waals surface area (Å²) in [6.07, 6.45) is 0. The van der Waals surface area contributed by atoms with Crippen LogP contribution in [0.25, 0.3) is 11.3 Å². The van der Waals surface area contributed by atoms with Gasteiger partial charge in [0.15, 0.2) is 16.6 Å². The SMILES string of the molecule is Cc1cccc(C(=O)NC(C)C(=O)Nc2nc(-c3ccc4c(c3)OCO4)cs2)c1. The molecule has 2 amide bonds. The monoisotopic (exact) mass is 409 g/mol. The summed E-state index contributed by atoms with van der Waals surface area (Å²) in [5.41, 5.74) is 3.09. The molecular weight excluding hydrogens is 390 g/mol. The van der Waals surface area contributed by atoms with E-state index in [1.807, 2.05) is 42.6 Å². The summed E-state index contributed by atoms with van der Waals surface area (Å²) in [6.45, 7) is 3.76. The van der Waals surface area contributed by atoms with Gasteiger partial charge in [-0.1, -0.05) is 17.7 Å². The third kappa shape index (κ3) is 4.22. The van der Waals surface area contributed by atoms with Crippen molar-refractivity contribution >= 4 is 28.3 Å². The summed E-state index contributed by atoms with van der Waals surface area (Å²) < 4.78 is 10.7. The number of rotatable bonds is 5. The molecule has 0 radical (unpaired) electrons. The Hall–Kier alpha value is -3.39. The molecular formula is C21H19N3O4S. The fourth-order valence-electron chi connectivity index (χ4n) is 2.87. The Balaban J connectivity index is 1.39. The van der Waals surface area contributed by atoms with Gasteiger partial charge in [-0.15, -0.1) is 11.3 Å². The predicted octanol–water partition coefficient (Wildman–Crippen LogP) is 3.60. The minimum atomic E-state index is -0.707. The highest BCUT2D eigenvalue weighted by Gasteiger charge is 2.19. The predicted molar refractivity (Wildman–Crippen MR) is 110 cm³/mol. The molecule has 0 fully saturated rings. The van der Waals surface area contributed by atoms with E-state index < -0.39 is 6.04 Å². The molecule has 2 heterocycles. The molecule has 3 aromatic rings. The van der Waals surface area contributed by atoms with Gasteiger partial charge in [0.1, 0.15) is 6.04 Å². The molecule has 2 aromatic carbocycles. The smallest absolute Gasteiger partial charge is 0.251 e. The van der Waals surface area contributed by atoms with Gasteiger partial charge in [-0.2, -0.15) is 0 Å². The Kier molecular flexibility index (Phi) is 5.18. The zero-order chi connectivity index (χ0) is 20.4. The summed E-state index contributed by atoms with van der Waals surface area (Å²) in [5, 5.41) is 7.76. The van der Waals surface area contributed by atoms with Crippen molar-refractivity contribution in [2.24, 2.45) is 0 Å². The van der Waals surface area contributed by atoms with E-state index in [4.69, 9.17) is 9.47 Å². The van der Waals surface area contributed by atoms with Crippen LogP contribution in [0.2, 0.25) is 0 Å². The molecule has 1 aliphatic rings. The van der Waals surface area contributed by atoms with Crippen LogP contribution in [0.3, 0.4) is 0 Å². The molecule has 29 heavy (non-hydrogen) atoms. The molecule has 1 aromatic heterocycles. The number of carbonyl (C=O) groups excluding carboxylic acids is 2. The number of fused-ring (bicyclic) bond motifs is 1. The summed E-state index contributed by atoms with van der Waals surface area (Å²) in [7, 11) is 0. The van der Waals surface area contributed by atoms with Crippen molar-refractivity contribution in [2.45, 2.75) is 19.9 Å². The van der Waals surface area contributed by atoms with Crippen LogP contribution in [-0.4, -0.2) is 29.6 Å². The highest BCUT2D eigenvalue weighted by molar-refractivity contribution is 7.14. The van der Waals surface area contributed by atoms with E-state index in [1.54, 1.807) is 19.1 Å². The van der Waals surface area contributed by atoms with Gasteiger partial charge in [-0.3, -0.25) is 9.59 Å². The van der Waals surface area contributed by atoms with Gasteiger partial charge in [0.05, 0.1) is 5.69 Å². The number of anilines is 1. The zero-order valence-electron chi connectivity index (χ0n) is 15.9. The normalized spacial score (nSPS) is 13.0. The maximum absolute atomic E-state index is 12.4. The first-order valence-corrected chi connectivity index (χ1v) is 9.91. The largest absolute Gasteiger partial charge is 0.454 e. The second-order valence-electron chi connectivity index (χ2n) is 6.66. The first-order chi connectivity index (χ1) is 14.0. The third-order valence-corrected chi connectivity index (χ3v) is 5.18. The topological polar surface area (TPSA) is 89.6 Å². The van der Waals surface area contributed by atoms with Crippen LogP contribution in [0.5, 0.6) is 11.5 Å². The van der Waals surface area contributed by atoms with Gasteiger partial charge >= 0.3 is 0 Å². The van der Waals surface area contributed by atoms with Crippen molar-refractivity contribution in [1.29, 1.82) is 0 Å². The number of aromatic nitrogens is 1. The van der Waals surface area contributed by atoms with E-state index in [9.17, 15) is 9.59 Å². The van der Waals surface area contributed by atoms with Crippen molar-refractivity contribution in [3.8, 4) is 22.8 Å². The first kappa shape index (κ1) is 18.9. The van der Waals surface area contributed by atoms with E-state index in [1.165, 1.54) is 11.3 Å². The maximum Gasteiger partial charge on any atom is 0.251 e. The van der Waals surface area contributed by atoms with E-state index in [0.717, 1.165) is 16.8 Å². The van der Waals surface area contributed by atoms with Crippen molar-refractivity contribution in [3.05, 3.63) is 59.0 Å². The number of hydrogen-bond donors (Lipinski definition) is 2. The number of nitrogens with one attached hydrogen (secondary N) is 2. The number of thiazole rings is 1. The lowest BCUT2D eigenvalue weighted by atomic mass is 10.1. The van der Waals surface area contributed by atoms with Crippen LogP contribution in [0.1, 0.15) is 22.8 Å². The van der Waals surface area contributed by atoms with Crippen LogP contribution in [-0.2, 0) is 4.79 Å². The van der Waals surface area contributed by atoms with Gasteiger partial charge < -0.3 is 20.1 Å². The van der Waals surface area contributed by atoms with Gasteiger partial charge in [0.25, 0.3) is 5.91 Å². The second kappa shape index (κ2) is 7.92. The average Bonchev–Trinajstić information content (AvgIpc) is 3.36. The summed E-state index contributed by atoms with van der Waals surface area (Å²) in [6, 6.07) is 12.1. The molecule has 0 bridgehead atoms. The quantitative estimate of drug-likeness (QED) is 0.672. The standard InChI is InChI=1S/C21H19N3O4S/c1-12-4-3-5-15(8-12)20(26)22-13(2)19(25)24-21-23-16(10-29-21)14-6-7-17-18(9-14)28-11-27-17/h3-10,13H,11H2,1-2H3,(H,22,26)(H,23,24,25). The lowest BCUT2D eigenvalue weighted by Gasteiger charge is -2.13. The van der Waals surface area contributed by atoms with Crippen molar-refractivity contribution in [2.75, 3.05) is 12.1 Å². The third-order valence-electron chi connectivity index (χ3n) is 4.42. The molecule has 0 aliphatic carbocycles. The number of amides is 2. The van der Waals surface area contributed by atoms with E-state index in [0.29, 0.717) is 22.2 Å². The second-order valence-corrected chi connectivity index (χ2v) is 7.52. The summed E-state index contributed by atoms with van der Waals surface area (Å²) in [4.78, 5) is 29.2. The highest BCUT2D eigenvalue weighted by atomic mass is 32.1. The molecule has 0 saturated carbocycles. The number of ether oxygens (including phenoxy) is 2. The molecule has 7 nitrogen and oxygen atoms in total. The van der Waals surface area contributed by atoms with E-state index >= 15 is 0 Å². The lowest BCUT2D eigenvalue weighted by molar-refractivity contribution is -0.117. The van der Waals surface area contributed by atoms with Gasteiger partial charge in [-0.25, -0.2) is 4.98 Å². The fraction of sp³-hybridized carbons (Fsp3) is 0.190. The van der Waals surface area contributed by atoms with E-state index in [2.05, 4.69) is 15.6 Å².